The molecule has 0 aliphatic carbocycles. The quantitative estimate of drug-likeness (QED) is 0.773. The molecule has 6 nitrogen and oxygen atoms in total. The van der Waals surface area contributed by atoms with Crippen LogP contribution in [0.2, 0.25) is 5.02 Å². The number of aromatic amines is 1. The number of halogens is 1. The minimum Gasteiger partial charge on any atom is -0.496 e. The van der Waals surface area contributed by atoms with Crippen LogP contribution in [-0.4, -0.2) is 34.9 Å². The van der Waals surface area contributed by atoms with E-state index in [9.17, 15) is 9.59 Å². The third-order valence-electron chi connectivity index (χ3n) is 3.49. The Kier molecular flexibility index (Phi) is 4.55. The Balaban J connectivity index is 1.88. The third kappa shape index (κ3) is 3.13. The predicted molar refractivity (Wildman–Crippen MR) is 94.0 cm³/mol. The molecule has 0 aliphatic rings. The van der Waals surface area contributed by atoms with Gasteiger partial charge < -0.3 is 14.6 Å². The number of nitrogens with one attached hydrogen (secondary N) is 1. The molecule has 1 aromatic carbocycles. The van der Waals surface area contributed by atoms with Gasteiger partial charge in [-0.05, 0) is 29.6 Å². The molecule has 0 radical (unpaired) electrons. The fourth-order valence-corrected chi connectivity index (χ4v) is 3.24. The van der Waals surface area contributed by atoms with Crippen LogP contribution in [0.1, 0.15) is 16.2 Å². The number of aromatic nitrogens is 2. The van der Waals surface area contributed by atoms with E-state index < -0.39 is 0 Å². The minimum absolute atomic E-state index is 0.162. The molecule has 0 atom stereocenters. The maximum Gasteiger partial charge on any atom is 0.268 e. The SMILES string of the molecule is COc1ccc(Cl)cc1C(=O)N(C)Cc1nc2ccsc2c(=O)[nH]1. The number of nitrogens with zero attached hydrogens (tertiary/aromatic N) is 2. The van der Waals surface area contributed by atoms with Gasteiger partial charge in [0.2, 0.25) is 0 Å². The van der Waals surface area contributed by atoms with Crippen LogP contribution in [0.4, 0.5) is 0 Å². The summed E-state index contributed by atoms with van der Waals surface area (Å²) in [5, 5.41) is 2.25. The van der Waals surface area contributed by atoms with E-state index in [4.69, 9.17) is 16.3 Å². The van der Waals surface area contributed by atoms with Crippen LogP contribution in [-0.2, 0) is 6.54 Å². The Bertz CT molecular complexity index is 967. The van der Waals surface area contributed by atoms with Crippen molar-refractivity contribution in [3.63, 3.8) is 0 Å². The molecule has 24 heavy (non-hydrogen) atoms. The summed E-state index contributed by atoms with van der Waals surface area (Å²) in [5.41, 5.74) is 0.776. The van der Waals surface area contributed by atoms with Crippen molar-refractivity contribution in [3.05, 3.63) is 56.4 Å². The fourth-order valence-electron chi connectivity index (χ4n) is 2.35. The summed E-state index contributed by atoms with van der Waals surface area (Å²) in [6.45, 7) is 0.162. The highest BCUT2D eigenvalue weighted by Gasteiger charge is 2.18. The van der Waals surface area contributed by atoms with Crippen LogP contribution in [0.25, 0.3) is 10.2 Å². The first kappa shape index (κ1) is 16.5. The Morgan fingerprint density at radius 1 is 1.42 bits per heavy atom. The van der Waals surface area contributed by atoms with Crippen LogP contribution >= 0.6 is 22.9 Å². The first-order valence-corrected chi connectivity index (χ1v) is 8.30. The molecule has 0 spiro atoms. The predicted octanol–water partition coefficient (Wildman–Crippen LogP) is 2.92. The highest BCUT2D eigenvalue weighted by Crippen LogP contribution is 2.24. The molecule has 8 heteroatoms. The molecule has 2 heterocycles. The van der Waals surface area contributed by atoms with Gasteiger partial charge in [0.25, 0.3) is 11.5 Å². The number of carbonyl (C=O) groups is 1. The second kappa shape index (κ2) is 6.62. The largest absolute Gasteiger partial charge is 0.496 e. The maximum atomic E-state index is 12.6. The number of carbonyl (C=O) groups excluding carboxylic acids is 1. The molecule has 0 saturated carbocycles. The van der Waals surface area contributed by atoms with Crippen LogP contribution in [0.3, 0.4) is 0 Å². The smallest absolute Gasteiger partial charge is 0.268 e. The van der Waals surface area contributed by atoms with E-state index in [1.54, 1.807) is 31.3 Å². The van der Waals surface area contributed by atoms with Gasteiger partial charge in [0.05, 0.1) is 24.7 Å². The molecule has 1 amide bonds. The lowest BCUT2D eigenvalue weighted by Crippen LogP contribution is -2.28. The summed E-state index contributed by atoms with van der Waals surface area (Å²) < 4.78 is 5.78. The Morgan fingerprint density at radius 3 is 2.96 bits per heavy atom. The van der Waals surface area contributed by atoms with E-state index in [0.717, 1.165) is 0 Å². The molecule has 3 aromatic rings. The normalized spacial score (nSPS) is 10.8. The van der Waals surface area contributed by atoms with E-state index in [2.05, 4.69) is 9.97 Å². The van der Waals surface area contributed by atoms with Gasteiger partial charge in [-0.1, -0.05) is 11.6 Å². The molecule has 3 rings (SSSR count). The molecule has 0 bridgehead atoms. The van der Waals surface area contributed by atoms with Crippen molar-refractivity contribution < 1.29 is 9.53 Å². The number of ether oxygens (including phenoxy) is 1. The van der Waals surface area contributed by atoms with Crippen LogP contribution < -0.4 is 10.3 Å². The average molecular weight is 364 g/mol. The minimum atomic E-state index is -0.276. The van der Waals surface area contributed by atoms with E-state index in [1.165, 1.54) is 23.3 Å². The molecule has 0 saturated heterocycles. The van der Waals surface area contributed by atoms with Crippen molar-refractivity contribution in [3.8, 4) is 5.75 Å². The maximum absolute atomic E-state index is 12.6. The van der Waals surface area contributed by atoms with Gasteiger partial charge in [0, 0.05) is 12.1 Å². The monoisotopic (exact) mass is 363 g/mol. The number of methoxy groups -OCH3 is 1. The van der Waals surface area contributed by atoms with Gasteiger partial charge in [-0.15, -0.1) is 11.3 Å². The van der Waals surface area contributed by atoms with Crippen LogP contribution in [0, 0.1) is 0 Å². The highest BCUT2D eigenvalue weighted by molar-refractivity contribution is 7.17. The summed E-state index contributed by atoms with van der Waals surface area (Å²) in [4.78, 5) is 33.2. The molecular formula is C16H14ClN3O3S. The van der Waals surface area contributed by atoms with E-state index in [0.29, 0.717) is 32.4 Å². The highest BCUT2D eigenvalue weighted by atomic mass is 35.5. The van der Waals surface area contributed by atoms with Crippen LogP contribution in [0.15, 0.2) is 34.4 Å². The summed E-state index contributed by atoms with van der Waals surface area (Å²) in [6, 6.07) is 6.62. The van der Waals surface area contributed by atoms with E-state index in [1.807, 2.05) is 5.38 Å². The van der Waals surface area contributed by atoms with Gasteiger partial charge in [-0.2, -0.15) is 0 Å². The number of H-pyrrole nitrogens is 1. The van der Waals surface area contributed by atoms with Crippen molar-refractivity contribution >= 4 is 39.1 Å². The van der Waals surface area contributed by atoms with Crippen LogP contribution in [0.5, 0.6) is 5.75 Å². The number of hydrogen-bond donors (Lipinski definition) is 1. The average Bonchev–Trinajstić information content (AvgIpc) is 3.03. The number of thiophene rings is 1. The first-order chi connectivity index (χ1) is 11.5. The molecule has 0 fully saturated rings. The lowest BCUT2D eigenvalue weighted by Gasteiger charge is -2.18. The molecule has 1 N–H and O–H groups in total. The number of benzene rings is 1. The first-order valence-electron chi connectivity index (χ1n) is 7.05. The second-order valence-electron chi connectivity index (χ2n) is 5.15. The zero-order valence-corrected chi connectivity index (χ0v) is 14.6. The molecular weight excluding hydrogens is 350 g/mol. The zero-order chi connectivity index (χ0) is 17.3. The molecule has 0 aliphatic heterocycles. The van der Waals surface area contributed by atoms with Gasteiger partial charge in [0.1, 0.15) is 16.3 Å². The van der Waals surface area contributed by atoms with Gasteiger partial charge in [-0.3, -0.25) is 9.59 Å². The Hall–Kier alpha value is -2.38. The molecule has 0 unspecified atom stereocenters. The fraction of sp³-hybridized carbons (Fsp3) is 0.188. The van der Waals surface area contributed by atoms with Crippen molar-refractivity contribution in [2.24, 2.45) is 0 Å². The number of hydrogen-bond acceptors (Lipinski definition) is 5. The van der Waals surface area contributed by atoms with Crippen molar-refractivity contribution in [2.75, 3.05) is 14.2 Å². The van der Waals surface area contributed by atoms with Crippen molar-refractivity contribution in [2.45, 2.75) is 6.54 Å². The zero-order valence-electron chi connectivity index (χ0n) is 13.0. The lowest BCUT2D eigenvalue weighted by atomic mass is 10.1. The standard InChI is InChI=1S/C16H14ClN3O3S/c1-20(16(22)10-7-9(17)3-4-12(10)23-2)8-13-18-11-5-6-24-14(11)15(21)19-13/h3-7H,8H2,1-2H3,(H,18,19,21). The van der Waals surface area contributed by atoms with Crippen molar-refractivity contribution in [1.29, 1.82) is 0 Å². The second-order valence-corrected chi connectivity index (χ2v) is 6.51. The number of rotatable bonds is 4. The van der Waals surface area contributed by atoms with Gasteiger partial charge >= 0.3 is 0 Å². The molecule has 124 valence electrons. The Labute approximate surface area is 146 Å². The Morgan fingerprint density at radius 2 is 2.21 bits per heavy atom. The topological polar surface area (TPSA) is 75.3 Å². The van der Waals surface area contributed by atoms with E-state index >= 15 is 0 Å². The number of fused-ring (bicyclic) bond motifs is 1. The summed E-state index contributed by atoms with van der Waals surface area (Å²) in [7, 11) is 3.12. The van der Waals surface area contributed by atoms with Crippen molar-refractivity contribution in [1.82, 2.24) is 14.9 Å². The molecule has 2 aromatic heterocycles. The third-order valence-corrected chi connectivity index (χ3v) is 4.63. The van der Waals surface area contributed by atoms with Gasteiger partial charge in [0.15, 0.2) is 0 Å². The van der Waals surface area contributed by atoms with E-state index in [-0.39, 0.29) is 18.0 Å². The summed E-state index contributed by atoms with van der Waals surface area (Å²) in [6.07, 6.45) is 0. The summed E-state index contributed by atoms with van der Waals surface area (Å²) >= 11 is 7.30. The summed E-state index contributed by atoms with van der Waals surface area (Å²) in [5.74, 6) is 0.580. The van der Waals surface area contributed by atoms with Gasteiger partial charge in [-0.25, -0.2) is 4.98 Å². The lowest BCUT2D eigenvalue weighted by molar-refractivity contribution is 0.0778. The number of amides is 1.